The molecule has 0 aromatic carbocycles. The zero-order valence-electron chi connectivity index (χ0n) is 10.8. The number of carbonyl (C=O) groups is 1. The molecule has 0 amide bonds. The van der Waals surface area contributed by atoms with E-state index in [-0.39, 0.29) is 11.7 Å². The van der Waals surface area contributed by atoms with Gasteiger partial charge in [-0.1, -0.05) is 12.8 Å². The van der Waals surface area contributed by atoms with Crippen LogP contribution in [-0.2, 0) is 4.74 Å². The Hall–Kier alpha value is -1.07. The van der Waals surface area contributed by atoms with Crippen molar-refractivity contribution in [2.75, 3.05) is 6.61 Å². The molecule has 0 radical (unpaired) electrons. The van der Waals surface area contributed by atoms with Crippen LogP contribution in [0.2, 0.25) is 0 Å². The summed E-state index contributed by atoms with van der Waals surface area (Å²) in [7, 11) is 0. The van der Waals surface area contributed by atoms with Crippen LogP contribution >= 0.6 is 11.3 Å². The van der Waals surface area contributed by atoms with Crippen LogP contribution in [0.4, 0.5) is 0 Å². The Morgan fingerprint density at radius 1 is 1.47 bits per heavy atom. The van der Waals surface area contributed by atoms with Crippen LogP contribution in [0, 0.1) is 0 Å². The van der Waals surface area contributed by atoms with Crippen molar-refractivity contribution in [1.82, 2.24) is 0 Å². The molecule has 4 nitrogen and oxygen atoms in total. The maximum absolute atomic E-state index is 10.8. The van der Waals surface area contributed by atoms with E-state index in [0.29, 0.717) is 17.2 Å². The van der Waals surface area contributed by atoms with Gasteiger partial charge in [0.2, 0.25) is 0 Å². The highest BCUT2D eigenvalue weighted by atomic mass is 32.1. The predicted octanol–water partition coefficient (Wildman–Crippen LogP) is 3.32. The van der Waals surface area contributed by atoms with Crippen molar-refractivity contribution in [3.63, 3.8) is 0 Å². The maximum Gasteiger partial charge on any atom is 0.346 e. The van der Waals surface area contributed by atoms with Crippen molar-refractivity contribution >= 4 is 17.3 Å². The minimum absolute atomic E-state index is 0.134. The maximum atomic E-state index is 10.8. The van der Waals surface area contributed by atoms with Crippen molar-refractivity contribution < 1.29 is 19.4 Å². The smallest absolute Gasteiger partial charge is 0.346 e. The molecule has 5 heteroatoms. The van der Waals surface area contributed by atoms with Gasteiger partial charge < -0.3 is 14.6 Å². The molecule has 1 saturated heterocycles. The molecule has 1 aromatic heterocycles. The first-order valence-electron chi connectivity index (χ1n) is 6.79. The van der Waals surface area contributed by atoms with Gasteiger partial charge in [0.05, 0.1) is 11.7 Å². The molecule has 2 aliphatic rings. The van der Waals surface area contributed by atoms with E-state index < -0.39 is 5.97 Å². The first-order chi connectivity index (χ1) is 9.17. The normalized spacial score (nSPS) is 24.9. The molecular weight excluding hydrogens is 264 g/mol. The first kappa shape index (κ1) is 12.9. The van der Waals surface area contributed by atoms with Gasteiger partial charge in [-0.05, 0) is 25.7 Å². The molecule has 2 fully saturated rings. The second-order valence-electron chi connectivity index (χ2n) is 5.43. The predicted molar refractivity (Wildman–Crippen MR) is 72.1 cm³/mol. The first-order valence-corrected chi connectivity index (χ1v) is 7.67. The summed E-state index contributed by atoms with van der Waals surface area (Å²) in [6.07, 6.45) is 7.28. The minimum atomic E-state index is -0.901. The quantitative estimate of drug-likeness (QED) is 0.920. The number of carboxylic acids is 1. The van der Waals surface area contributed by atoms with Crippen LogP contribution < -0.4 is 4.74 Å². The molecule has 2 heterocycles. The lowest BCUT2D eigenvalue weighted by Gasteiger charge is -2.23. The number of hydrogen-bond acceptors (Lipinski definition) is 4. The van der Waals surface area contributed by atoms with Crippen LogP contribution in [0.25, 0.3) is 0 Å². The summed E-state index contributed by atoms with van der Waals surface area (Å²) in [5.41, 5.74) is 0.134. The molecule has 104 valence electrons. The fourth-order valence-electron chi connectivity index (χ4n) is 3.10. The van der Waals surface area contributed by atoms with E-state index in [2.05, 4.69) is 0 Å². The third kappa shape index (κ3) is 2.77. The third-order valence-corrected chi connectivity index (χ3v) is 4.97. The summed E-state index contributed by atoms with van der Waals surface area (Å²) in [6.45, 7) is 0.525. The monoisotopic (exact) mass is 282 g/mol. The van der Waals surface area contributed by atoms with Crippen molar-refractivity contribution in [2.45, 2.75) is 50.2 Å². The average Bonchev–Trinajstić information content (AvgIpc) is 3.10. The standard InChI is InChI=1S/C14H18O4S/c15-13(16)12-7-11(9-19-12)17-8-10-3-6-14(18-10)4-1-2-5-14/h7,9-10H,1-6,8H2,(H,15,16). The number of hydrogen-bond donors (Lipinski definition) is 1. The Bertz CT molecular complexity index is 462. The van der Waals surface area contributed by atoms with Crippen LogP contribution in [0.5, 0.6) is 5.75 Å². The number of thiophene rings is 1. The Morgan fingerprint density at radius 3 is 2.95 bits per heavy atom. The van der Waals surface area contributed by atoms with Gasteiger partial charge in [0, 0.05) is 11.4 Å². The molecule has 1 aliphatic heterocycles. The van der Waals surface area contributed by atoms with Gasteiger partial charge in [0.25, 0.3) is 0 Å². The zero-order valence-corrected chi connectivity index (χ0v) is 11.6. The van der Waals surface area contributed by atoms with Gasteiger partial charge in [-0.2, -0.15) is 0 Å². The summed E-state index contributed by atoms with van der Waals surface area (Å²) >= 11 is 1.19. The van der Waals surface area contributed by atoms with Crippen LogP contribution in [0.1, 0.15) is 48.2 Å². The summed E-state index contributed by atoms with van der Waals surface area (Å²) < 4.78 is 11.8. The van der Waals surface area contributed by atoms with E-state index in [1.807, 2.05) is 0 Å². The third-order valence-electron chi connectivity index (χ3n) is 4.08. The Morgan fingerprint density at radius 2 is 2.26 bits per heavy atom. The van der Waals surface area contributed by atoms with Gasteiger partial charge >= 0.3 is 5.97 Å². The molecule has 3 rings (SSSR count). The van der Waals surface area contributed by atoms with Crippen LogP contribution in [0.15, 0.2) is 11.4 Å². The van der Waals surface area contributed by atoms with Gasteiger partial charge in [-0.3, -0.25) is 0 Å². The average molecular weight is 282 g/mol. The molecule has 0 bridgehead atoms. The highest BCUT2D eigenvalue weighted by molar-refractivity contribution is 7.12. The lowest BCUT2D eigenvalue weighted by Crippen LogP contribution is -2.27. The molecule has 1 saturated carbocycles. The Balaban J connectivity index is 1.51. The molecule has 1 spiro atoms. The number of carboxylic acid groups (broad SMARTS) is 1. The lowest BCUT2D eigenvalue weighted by molar-refractivity contribution is -0.0508. The lowest BCUT2D eigenvalue weighted by atomic mass is 9.98. The number of aromatic carboxylic acids is 1. The van der Waals surface area contributed by atoms with Gasteiger partial charge in [0.1, 0.15) is 17.2 Å². The summed E-state index contributed by atoms with van der Waals surface area (Å²) in [6, 6.07) is 1.58. The second kappa shape index (κ2) is 5.13. The molecule has 1 unspecified atom stereocenters. The summed E-state index contributed by atoms with van der Waals surface area (Å²) in [5, 5.41) is 10.6. The number of rotatable bonds is 4. The van der Waals surface area contributed by atoms with Crippen molar-refractivity contribution in [1.29, 1.82) is 0 Å². The molecular formula is C14H18O4S. The van der Waals surface area contributed by atoms with Gasteiger partial charge in [0.15, 0.2) is 0 Å². The van der Waals surface area contributed by atoms with Crippen molar-refractivity contribution in [3.05, 3.63) is 16.3 Å². The van der Waals surface area contributed by atoms with E-state index >= 15 is 0 Å². The van der Waals surface area contributed by atoms with E-state index in [1.54, 1.807) is 11.4 Å². The zero-order chi connectivity index (χ0) is 13.3. The van der Waals surface area contributed by atoms with E-state index in [4.69, 9.17) is 14.6 Å². The highest BCUT2D eigenvalue weighted by Gasteiger charge is 2.42. The summed E-state index contributed by atoms with van der Waals surface area (Å²) in [4.78, 5) is 11.1. The fourth-order valence-corrected chi connectivity index (χ4v) is 3.76. The van der Waals surface area contributed by atoms with Gasteiger partial charge in [-0.15, -0.1) is 11.3 Å². The largest absolute Gasteiger partial charge is 0.490 e. The topological polar surface area (TPSA) is 55.8 Å². The van der Waals surface area contributed by atoms with Crippen molar-refractivity contribution in [3.8, 4) is 5.75 Å². The molecule has 1 atom stereocenters. The molecule has 19 heavy (non-hydrogen) atoms. The van der Waals surface area contributed by atoms with Crippen molar-refractivity contribution in [2.24, 2.45) is 0 Å². The Kier molecular flexibility index (Phi) is 3.50. The van der Waals surface area contributed by atoms with E-state index in [9.17, 15) is 4.79 Å². The SMILES string of the molecule is O=C(O)c1cc(OCC2CCC3(CCCC3)O2)cs1. The van der Waals surface area contributed by atoms with Crippen LogP contribution in [-0.4, -0.2) is 29.4 Å². The van der Waals surface area contributed by atoms with Gasteiger partial charge in [-0.25, -0.2) is 4.79 Å². The number of ether oxygens (including phenoxy) is 2. The van der Waals surface area contributed by atoms with E-state index in [1.165, 1.54) is 37.0 Å². The minimum Gasteiger partial charge on any atom is -0.490 e. The molecule has 1 aliphatic carbocycles. The molecule has 1 aromatic rings. The highest BCUT2D eigenvalue weighted by Crippen LogP contribution is 2.43. The second-order valence-corrected chi connectivity index (χ2v) is 6.34. The molecule has 1 N–H and O–H groups in total. The summed E-state index contributed by atoms with van der Waals surface area (Å²) in [5.74, 6) is -0.264. The Labute approximate surface area is 116 Å². The fraction of sp³-hybridized carbons (Fsp3) is 0.643. The van der Waals surface area contributed by atoms with Crippen LogP contribution in [0.3, 0.4) is 0 Å². The van der Waals surface area contributed by atoms with E-state index in [0.717, 1.165) is 12.8 Å².